The van der Waals surface area contributed by atoms with Crippen molar-refractivity contribution in [3.8, 4) is 23.0 Å². The maximum Gasteiger partial charge on any atom is 0.260 e. The first-order chi connectivity index (χ1) is 25.2. The summed E-state index contributed by atoms with van der Waals surface area (Å²) in [4.78, 5) is 2.44. The highest BCUT2D eigenvalue weighted by molar-refractivity contribution is 7.26. The lowest BCUT2D eigenvalue weighted by Crippen LogP contribution is -2.57. The average molecular weight is 712 g/mol. The summed E-state index contributed by atoms with van der Waals surface area (Å²) < 4.78 is 16.4. The van der Waals surface area contributed by atoms with E-state index in [1.807, 2.05) is 11.3 Å². The Hall–Kier alpha value is -5.00. The fourth-order valence-electron chi connectivity index (χ4n) is 8.06. The molecule has 0 fully saturated rings. The molecule has 7 aromatic rings. The number of benzene rings is 6. The highest BCUT2D eigenvalue weighted by atomic mass is 32.1. The van der Waals surface area contributed by atoms with Gasteiger partial charge in [0.25, 0.3) is 6.71 Å². The first-order valence-corrected chi connectivity index (χ1v) is 19.6. The van der Waals surface area contributed by atoms with Crippen molar-refractivity contribution >= 4 is 71.7 Å². The Morgan fingerprint density at radius 3 is 1.68 bits per heavy atom. The second kappa shape index (κ2) is 11.8. The highest BCUT2D eigenvalue weighted by Crippen LogP contribution is 2.51. The third-order valence-electron chi connectivity index (χ3n) is 11.1. The summed E-state index contributed by atoms with van der Waals surface area (Å²) in [6.07, 6.45) is 0. The number of thiophene rings is 1. The van der Waals surface area contributed by atoms with Crippen LogP contribution in [-0.4, -0.2) is 6.71 Å². The molecule has 0 bridgehead atoms. The van der Waals surface area contributed by atoms with Crippen molar-refractivity contribution in [3.63, 3.8) is 0 Å². The van der Waals surface area contributed by atoms with Gasteiger partial charge < -0.3 is 14.4 Å². The van der Waals surface area contributed by atoms with Crippen LogP contribution in [0.25, 0.3) is 20.2 Å². The van der Waals surface area contributed by atoms with E-state index in [0.717, 1.165) is 51.0 Å². The molecule has 2 aliphatic rings. The highest BCUT2D eigenvalue weighted by Gasteiger charge is 2.43. The monoisotopic (exact) mass is 711 g/mol. The summed E-state index contributed by atoms with van der Waals surface area (Å²) >= 11 is 1.86. The largest absolute Gasteiger partial charge is 0.458 e. The van der Waals surface area contributed by atoms with E-state index in [1.54, 1.807) is 0 Å². The van der Waals surface area contributed by atoms with Gasteiger partial charge in [-0.25, -0.2) is 0 Å². The van der Waals surface area contributed by atoms with Gasteiger partial charge in [-0.1, -0.05) is 123 Å². The molecule has 3 heterocycles. The van der Waals surface area contributed by atoms with Crippen LogP contribution in [-0.2, 0) is 16.2 Å². The lowest BCUT2D eigenvalue weighted by Gasteiger charge is -2.37. The number of rotatable bonds is 3. The van der Waals surface area contributed by atoms with Crippen molar-refractivity contribution in [1.82, 2.24) is 0 Å². The van der Waals surface area contributed by atoms with Crippen LogP contribution in [0.2, 0.25) is 0 Å². The van der Waals surface area contributed by atoms with Crippen LogP contribution in [0.4, 0.5) is 17.1 Å². The molecule has 0 N–H and O–H groups in total. The molecule has 0 amide bonds. The number of anilines is 3. The van der Waals surface area contributed by atoms with E-state index in [4.69, 9.17) is 9.47 Å². The van der Waals surface area contributed by atoms with Gasteiger partial charge in [0, 0.05) is 37.0 Å². The molecule has 0 saturated heterocycles. The van der Waals surface area contributed by atoms with Crippen LogP contribution in [0.3, 0.4) is 0 Å². The molecule has 2 aliphatic heterocycles. The Labute approximate surface area is 318 Å². The standard InChI is InChI=1S/C48H46BNO2S/c1-46(2,3)29-17-22-32(23-18-29)50(33-24-19-30(20-25-33)47(4,5)6)44-42-34-13-10-11-16-40(34)53-41(42)28-36-45(44)52-39-15-12-14-38-43(39)49(36)35-27-31(48(7,8)9)21-26-37(35)51-38/h10-28H,1-9H3. The maximum atomic E-state index is 7.26. The fourth-order valence-corrected chi connectivity index (χ4v) is 9.22. The maximum absolute atomic E-state index is 7.26. The molecular weight excluding hydrogens is 665 g/mol. The first-order valence-electron chi connectivity index (χ1n) is 18.8. The van der Waals surface area contributed by atoms with E-state index >= 15 is 0 Å². The predicted molar refractivity (Wildman–Crippen MR) is 228 cm³/mol. The second-order valence-electron chi connectivity index (χ2n) is 17.9. The van der Waals surface area contributed by atoms with Crippen molar-refractivity contribution in [3.05, 3.63) is 132 Å². The number of ether oxygens (including phenoxy) is 2. The zero-order valence-electron chi connectivity index (χ0n) is 32.2. The van der Waals surface area contributed by atoms with Crippen LogP contribution in [0, 0.1) is 0 Å². The van der Waals surface area contributed by atoms with Crippen molar-refractivity contribution in [1.29, 1.82) is 0 Å². The van der Waals surface area contributed by atoms with Crippen molar-refractivity contribution < 1.29 is 9.47 Å². The van der Waals surface area contributed by atoms with E-state index in [1.165, 1.54) is 42.3 Å². The van der Waals surface area contributed by atoms with Gasteiger partial charge in [-0.05, 0) is 98.5 Å². The van der Waals surface area contributed by atoms with Crippen LogP contribution in [0.5, 0.6) is 23.0 Å². The molecule has 6 aromatic carbocycles. The molecule has 0 radical (unpaired) electrons. The third kappa shape index (κ3) is 5.55. The summed E-state index contributed by atoms with van der Waals surface area (Å²) in [7, 11) is 0. The summed E-state index contributed by atoms with van der Waals surface area (Å²) in [5.41, 5.74) is 10.7. The van der Waals surface area contributed by atoms with Gasteiger partial charge in [0.1, 0.15) is 23.0 Å². The molecule has 0 unspecified atom stereocenters. The summed E-state index contributed by atoms with van der Waals surface area (Å²) in [6.45, 7) is 20.4. The first kappa shape index (κ1) is 33.8. The minimum absolute atomic E-state index is 0.0152. The lowest BCUT2D eigenvalue weighted by atomic mass is 9.34. The molecule has 9 rings (SSSR count). The van der Waals surface area contributed by atoms with E-state index < -0.39 is 0 Å². The summed E-state index contributed by atoms with van der Waals surface area (Å²) in [5, 5.41) is 2.44. The minimum Gasteiger partial charge on any atom is -0.458 e. The zero-order valence-corrected chi connectivity index (χ0v) is 33.0. The molecule has 264 valence electrons. The van der Waals surface area contributed by atoms with E-state index in [2.05, 4.69) is 182 Å². The number of nitrogens with zero attached hydrogens (tertiary/aromatic N) is 1. The molecule has 53 heavy (non-hydrogen) atoms. The van der Waals surface area contributed by atoms with Crippen LogP contribution in [0.1, 0.15) is 79.0 Å². The van der Waals surface area contributed by atoms with E-state index in [0.29, 0.717) is 0 Å². The smallest absolute Gasteiger partial charge is 0.260 e. The van der Waals surface area contributed by atoms with Crippen molar-refractivity contribution in [2.24, 2.45) is 0 Å². The molecule has 0 aliphatic carbocycles. The van der Waals surface area contributed by atoms with Gasteiger partial charge in [0.2, 0.25) is 0 Å². The van der Waals surface area contributed by atoms with Crippen molar-refractivity contribution in [2.75, 3.05) is 4.90 Å². The summed E-state index contributed by atoms with van der Waals surface area (Å²) in [5.74, 6) is 3.51. The van der Waals surface area contributed by atoms with E-state index in [-0.39, 0.29) is 23.0 Å². The summed E-state index contributed by atoms with van der Waals surface area (Å²) in [6, 6.07) is 42.5. The zero-order chi connectivity index (χ0) is 37.0. The van der Waals surface area contributed by atoms with E-state index in [9.17, 15) is 0 Å². The van der Waals surface area contributed by atoms with Gasteiger partial charge in [0.15, 0.2) is 0 Å². The molecule has 0 spiro atoms. The van der Waals surface area contributed by atoms with Gasteiger partial charge >= 0.3 is 0 Å². The van der Waals surface area contributed by atoms with Crippen LogP contribution < -0.4 is 30.8 Å². The van der Waals surface area contributed by atoms with Gasteiger partial charge in [-0.3, -0.25) is 0 Å². The minimum atomic E-state index is -0.0576. The number of fused-ring (bicyclic) bond motifs is 7. The van der Waals surface area contributed by atoms with Crippen LogP contribution in [0.15, 0.2) is 115 Å². The Morgan fingerprint density at radius 1 is 0.509 bits per heavy atom. The normalized spacial score (nSPS) is 13.6. The second-order valence-corrected chi connectivity index (χ2v) is 18.9. The van der Waals surface area contributed by atoms with Gasteiger partial charge in [-0.2, -0.15) is 0 Å². The Bertz CT molecular complexity index is 2510. The number of hydrogen-bond donors (Lipinski definition) is 0. The number of hydrogen-bond acceptors (Lipinski definition) is 4. The lowest BCUT2D eigenvalue weighted by molar-refractivity contribution is 0.465. The van der Waals surface area contributed by atoms with Gasteiger partial charge in [0.05, 0.1) is 5.69 Å². The molecular formula is C48H46BNO2S. The van der Waals surface area contributed by atoms with Crippen LogP contribution >= 0.6 is 11.3 Å². The Balaban J connectivity index is 1.39. The molecule has 1 aromatic heterocycles. The fraction of sp³-hybridized carbons (Fsp3) is 0.250. The topological polar surface area (TPSA) is 21.7 Å². The van der Waals surface area contributed by atoms with Gasteiger partial charge in [-0.15, -0.1) is 11.3 Å². The Morgan fingerprint density at radius 2 is 1.08 bits per heavy atom. The van der Waals surface area contributed by atoms with Crippen molar-refractivity contribution in [2.45, 2.75) is 78.6 Å². The Kier molecular flexibility index (Phi) is 7.50. The third-order valence-corrected chi connectivity index (χ3v) is 12.2. The predicted octanol–water partition coefficient (Wildman–Crippen LogP) is 12.1. The molecule has 3 nitrogen and oxygen atoms in total. The molecule has 5 heteroatoms. The SMILES string of the molecule is CC(C)(C)c1ccc(N(c2ccc(C(C)(C)C)cc2)c2c3c(cc4sc5ccccc5c24)B2c4cc(C(C)(C)C)ccc4Oc4cccc(c42)O3)cc1. The molecule has 0 saturated carbocycles. The molecule has 0 atom stereocenters. The quantitative estimate of drug-likeness (QED) is 0.170. The average Bonchev–Trinajstić information content (AvgIpc) is 3.49.